The third-order valence-electron chi connectivity index (χ3n) is 8.98. The summed E-state index contributed by atoms with van der Waals surface area (Å²) < 4.78 is 11.6. The van der Waals surface area contributed by atoms with Crippen molar-refractivity contribution < 1.29 is 28.6 Å². The third-order valence-corrected chi connectivity index (χ3v) is 8.98. The van der Waals surface area contributed by atoms with Crippen LogP contribution >= 0.6 is 0 Å². The van der Waals surface area contributed by atoms with Crippen molar-refractivity contribution in [2.75, 3.05) is 19.6 Å². The zero-order valence-electron chi connectivity index (χ0n) is 29.8. The number of nitrogens with one attached hydrogen (secondary N) is 1. The van der Waals surface area contributed by atoms with Crippen LogP contribution in [0, 0.1) is 11.8 Å². The van der Waals surface area contributed by atoms with Gasteiger partial charge in [0.15, 0.2) is 11.7 Å². The van der Waals surface area contributed by atoms with E-state index in [0.717, 1.165) is 16.7 Å². The number of ether oxygens (including phenoxy) is 1. The Balaban J connectivity index is 1.34. The quantitative estimate of drug-likeness (QED) is 0.166. The number of aliphatic hydroxyl groups excluding tert-OH is 1. The first-order valence-corrected chi connectivity index (χ1v) is 17.7. The molecule has 0 spiro atoms. The number of oxazole rings is 1. The molecule has 5 rings (SSSR count). The summed E-state index contributed by atoms with van der Waals surface area (Å²) in [6, 6.07) is 24.1. The average molecular weight is 683 g/mol. The number of aryl methyl sites for hydroxylation is 1. The van der Waals surface area contributed by atoms with Crippen LogP contribution in [0.5, 0.6) is 0 Å². The average Bonchev–Trinajstić information content (AvgIpc) is 3.53. The van der Waals surface area contributed by atoms with Crippen LogP contribution in [-0.2, 0) is 16.0 Å². The molecule has 1 aromatic heterocycles. The van der Waals surface area contributed by atoms with Crippen LogP contribution in [-0.4, -0.2) is 69.2 Å². The highest BCUT2D eigenvalue weighted by molar-refractivity contribution is 5.96. The van der Waals surface area contributed by atoms with Gasteiger partial charge >= 0.3 is 12.1 Å². The second kappa shape index (κ2) is 16.3. The highest BCUT2D eigenvalue weighted by Gasteiger charge is 2.36. The zero-order valence-corrected chi connectivity index (χ0v) is 29.8. The van der Waals surface area contributed by atoms with Gasteiger partial charge in [-0.25, -0.2) is 14.6 Å². The topological polar surface area (TPSA) is 125 Å². The van der Waals surface area contributed by atoms with Gasteiger partial charge in [0.1, 0.15) is 11.1 Å². The number of nitrogens with zero attached hydrogens (tertiary/aromatic N) is 3. The molecule has 0 aliphatic carbocycles. The maximum atomic E-state index is 14.0. The Kier molecular flexibility index (Phi) is 12.0. The van der Waals surface area contributed by atoms with Crippen molar-refractivity contribution in [3.8, 4) is 11.1 Å². The largest absolute Gasteiger partial charge is 0.444 e. The van der Waals surface area contributed by atoms with E-state index in [0.29, 0.717) is 56.3 Å². The Morgan fingerprint density at radius 3 is 2.26 bits per heavy atom. The van der Waals surface area contributed by atoms with Gasteiger partial charge in [-0.05, 0) is 87.6 Å². The van der Waals surface area contributed by atoms with Crippen LogP contribution in [0.25, 0.3) is 22.2 Å². The first-order valence-electron chi connectivity index (χ1n) is 17.7. The molecule has 0 radical (unpaired) electrons. The van der Waals surface area contributed by atoms with Crippen molar-refractivity contribution in [1.82, 2.24) is 20.1 Å². The molecule has 2 heterocycles. The number of hydrogen-bond donors (Lipinski definition) is 2. The molecule has 1 aliphatic rings. The summed E-state index contributed by atoms with van der Waals surface area (Å²) in [5.74, 6) is -0.348. The van der Waals surface area contributed by atoms with E-state index in [9.17, 15) is 19.5 Å². The summed E-state index contributed by atoms with van der Waals surface area (Å²) in [5.41, 5.74) is 3.57. The minimum absolute atomic E-state index is 0.0955. The van der Waals surface area contributed by atoms with Gasteiger partial charge < -0.3 is 24.5 Å². The summed E-state index contributed by atoms with van der Waals surface area (Å²) >= 11 is 0. The van der Waals surface area contributed by atoms with Crippen molar-refractivity contribution >= 4 is 29.1 Å². The first-order chi connectivity index (χ1) is 23.9. The van der Waals surface area contributed by atoms with Crippen molar-refractivity contribution in [1.29, 1.82) is 0 Å². The molecule has 3 aromatic carbocycles. The smallest absolute Gasteiger partial charge is 0.410 e. The lowest BCUT2D eigenvalue weighted by Gasteiger charge is -2.35. The van der Waals surface area contributed by atoms with Crippen molar-refractivity contribution in [2.24, 2.45) is 11.8 Å². The van der Waals surface area contributed by atoms with Gasteiger partial charge in [-0.1, -0.05) is 80.6 Å². The van der Waals surface area contributed by atoms with Crippen molar-refractivity contribution in [2.45, 2.75) is 84.5 Å². The van der Waals surface area contributed by atoms with Crippen molar-refractivity contribution in [3.05, 3.63) is 90.3 Å². The maximum absolute atomic E-state index is 14.0. The second-order valence-electron chi connectivity index (χ2n) is 14.5. The van der Waals surface area contributed by atoms with E-state index >= 15 is 0 Å². The van der Waals surface area contributed by atoms with E-state index < -0.39 is 35.8 Å². The maximum Gasteiger partial charge on any atom is 0.410 e. The van der Waals surface area contributed by atoms with Gasteiger partial charge in [0.25, 0.3) is 0 Å². The number of benzene rings is 3. The van der Waals surface area contributed by atoms with E-state index in [-0.39, 0.29) is 24.3 Å². The number of likely N-dealkylation sites (tertiary alicyclic amines) is 1. The molecule has 4 aromatic rings. The molecule has 2 N–H and O–H groups in total. The summed E-state index contributed by atoms with van der Waals surface area (Å²) in [7, 11) is 0. The normalized spacial score (nSPS) is 15.1. The first kappa shape index (κ1) is 36.6. The number of rotatable bonds is 11. The predicted octanol–water partition coefficient (Wildman–Crippen LogP) is 7.76. The van der Waals surface area contributed by atoms with Crippen molar-refractivity contribution in [3.63, 3.8) is 0 Å². The van der Waals surface area contributed by atoms with Crippen LogP contribution in [0.4, 0.5) is 9.59 Å². The number of urea groups is 1. The Morgan fingerprint density at radius 2 is 1.62 bits per heavy atom. The number of carbonyl (C=O) groups excluding carboxylic acids is 3. The molecule has 266 valence electrons. The lowest BCUT2D eigenvalue weighted by molar-refractivity contribution is -0.134. The van der Waals surface area contributed by atoms with Crippen LogP contribution in [0.1, 0.15) is 77.9 Å². The molecule has 1 saturated heterocycles. The SMILES string of the molecule is CC(C)CCN(C(=O)N[C@@H](CCc1ccccc1)C(O)c1nc2cc(-c3ccccc3)ccc2o1)C(=O)C1CCN(C(=O)OC(C)(C)C)CC1. The third kappa shape index (κ3) is 9.72. The molecule has 4 amide bonds. The summed E-state index contributed by atoms with van der Waals surface area (Å²) in [4.78, 5) is 48.2. The Labute approximate surface area is 294 Å². The number of aromatic nitrogens is 1. The number of aliphatic hydroxyl groups is 1. The second-order valence-corrected chi connectivity index (χ2v) is 14.5. The number of fused-ring (bicyclic) bond motifs is 1. The highest BCUT2D eigenvalue weighted by Crippen LogP contribution is 2.29. The van der Waals surface area contributed by atoms with Crippen LogP contribution in [0.2, 0.25) is 0 Å². The van der Waals surface area contributed by atoms with E-state index in [1.54, 1.807) is 4.90 Å². The Morgan fingerprint density at radius 1 is 0.960 bits per heavy atom. The molecule has 0 saturated carbocycles. The van der Waals surface area contributed by atoms with E-state index in [1.165, 1.54) is 4.90 Å². The minimum atomic E-state index is -1.27. The fourth-order valence-electron chi connectivity index (χ4n) is 6.12. The molecule has 50 heavy (non-hydrogen) atoms. The number of amides is 4. The van der Waals surface area contributed by atoms with Gasteiger partial charge in [-0.2, -0.15) is 0 Å². The molecule has 0 bridgehead atoms. The lowest BCUT2D eigenvalue weighted by Crippen LogP contribution is -2.53. The zero-order chi connectivity index (χ0) is 35.8. The van der Waals surface area contributed by atoms with Gasteiger partial charge in [0.05, 0.1) is 6.04 Å². The molecule has 1 unspecified atom stereocenters. The van der Waals surface area contributed by atoms with Gasteiger partial charge in [-0.15, -0.1) is 0 Å². The monoisotopic (exact) mass is 682 g/mol. The molecular formula is C40H50N4O6. The Bertz CT molecular complexity index is 1730. The van der Waals surface area contributed by atoms with E-state index in [4.69, 9.17) is 9.15 Å². The van der Waals surface area contributed by atoms with Crippen LogP contribution < -0.4 is 5.32 Å². The molecule has 1 fully saturated rings. The van der Waals surface area contributed by atoms with E-state index in [1.807, 2.05) is 113 Å². The molecule has 2 atom stereocenters. The Hall–Kier alpha value is -4.70. The number of carbonyl (C=O) groups is 3. The molecule has 10 nitrogen and oxygen atoms in total. The lowest BCUT2D eigenvalue weighted by atomic mass is 9.95. The number of hydrogen-bond acceptors (Lipinski definition) is 7. The highest BCUT2D eigenvalue weighted by atomic mass is 16.6. The minimum Gasteiger partial charge on any atom is -0.444 e. The molecule has 10 heteroatoms. The standard InChI is InChI=1S/C40H50N4O6/c1-27(2)20-25-44(37(46)30-21-23-43(24-22-30)39(48)50-40(3,4)5)38(47)42-32(18-16-28-12-8-6-9-13-28)35(45)36-41-33-26-31(17-19-34(33)49-36)29-14-10-7-11-15-29/h6-15,17,19,26-27,30,32,35,45H,16,18,20-25H2,1-5H3,(H,42,47)/t32-,35?/m0/s1. The summed E-state index contributed by atoms with van der Waals surface area (Å²) in [6.45, 7) is 10.5. The van der Waals surface area contributed by atoms with Crippen LogP contribution in [0.3, 0.4) is 0 Å². The van der Waals surface area contributed by atoms with Gasteiger partial charge in [0.2, 0.25) is 11.8 Å². The summed E-state index contributed by atoms with van der Waals surface area (Å²) in [5, 5.41) is 14.7. The van der Waals surface area contributed by atoms with Crippen LogP contribution in [0.15, 0.2) is 83.3 Å². The number of imide groups is 1. The number of piperidine rings is 1. The van der Waals surface area contributed by atoms with E-state index in [2.05, 4.69) is 10.3 Å². The molecule has 1 aliphatic heterocycles. The molecular weight excluding hydrogens is 632 g/mol. The summed E-state index contributed by atoms with van der Waals surface area (Å²) in [6.07, 6.45) is 0.769. The fraction of sp³-hybridized carbons (Fsp3) is 0.450. The predicted molar refractivity (Wildman–Crippen MR) is 193 cm³/mol. The van der Waals surface area contributed by atoms with Gasteiger partial charge in [0, 0.05) is 25.6 Å². The van der Waals surface area contributed by atoms with Gasteiger partial charge in [-0.3, -0.25) is 9.69 Å². The fourth-order valence-corrected chi connectivity index (χ4v) is 6.12.